The van der Waals surface area contributed by atoms with E-state index in [-0.39, 0.29) is 56.7 Å². The van der Waals surface area contributed by atoms with Gasteiger partial charge >= 0.3 is 11.9 Å². The molecule has 0 aliphatic rings. The molecular weight excluding hydrogens is 699 g/mol. The van der Waals surface area contributed by atoms with Gasteiger partial charge in [0.05, 0.1) is 39.5 Å². The first-order valence-corrected chi connectivity index (χ1v) is 16.1. The Balaban J connectivity index is 1.48. The summed E-state index contributed by atoms with van der Waals surface area (Å²) in [6, 6.07) is 18.0. The van der Waals surface area contributed by atoms with Crippen molar-refractivity contribution in [2.24, 2.45) is 0 Å². The molecule has 0 aliphatic heterocycles. The lowest BCUT2D eigenvalue weighted by Crippen LogP contribution is -2.05. The molecule has 257 valence electrons. The molecule has 0 amide bonds. The van der Waals surface area contributed by atoms with Crippen molar-refractivity contribution in [2.75, 3.05) is 0 Å². The summed E-state index contributed by atoms with van der Waals surface area (Å²) in [5, 5.41) is 29.3. The van der Waals surface area contributed by atoms with E-state index in [2.05, 4.69) is 19.9 Å². The van der Waals surface area contributed by atoms with Crippen LogP contribution in [-0.4, -0.2) is 24.9 Å². The van der Waals surface area contributed by atoms with Gasteiger partial charge in [-0.2, -0.15) is 13.2 Å². The summed E-state index contributed by atoms with van der Waals surface area (Å²) in [4.78, 5) is 28.9. The smallest absolute Gasteiger partial charge is 0.416 e. The van der Waals surface area contributed by atoms with Crippen LogP contribution >= 0.6 is 11.3 Å². The number of hydrogen-bond donors (Lipinski definition) is 0. The van der Waals surface area contributed by atoms with E-state index in [0.29, 0.717) is 10.6 Å². The topological polar surface area (TPSA) is 142 Å². The van der Waals surface area contributed by atoms with Crippen LogP contribution in [0.4, 0.5) is 18.9 Å². The number of hydrogen-bond acceptors (Lipinski definition) is 10. The molecule has 0 atom stereocenters. The van der Waals surface area contributed by atoms with E-state index in [1.165, 1.54) is 67.5 Å². The van der Waals surface area contributed by atoms with E-state index in [1.54, 1.807) is 41.9 Å². The van der Waals surface area contributed by atoms with Crippen molar-refractivity contribution >= 4 is 17.0 Å². The maximum absolute atomic E-state index is 14.8. The normalized spacial score (nSPS) is 11.2. The minimum Gasteiger partial charge on any atom is -0.455 e. The maximum atomic E-state index is 14.8. The number of thiophene rings is 1. The molecule has 0 N–H and O–H groups in total. The van der Waals surface area contributed by atoms with Crippen LogP contribution in [-0.2, 0) is 11.3 Å². The van der Waals surface area contributed by atoms with Gasteiger partial charge in [0.25, 0.3) is 0 Å². The van der Waals surface area contributed by atoms with Crippen molar-refractivity contribution in [2.45, 2.75) is 6.18 Å². The second kappa shape index (κ2) is 14.2. The van der Waals surface area contributed by atoms with E-state index in [0.717, 1.165) is 29.5 Å². The van der Waals surface area contributed by atoms with Gasteiger partial charge in [-0.3, -0.25) is 35.2 Å². The highest BCUT2D eigenvalue weighted by molar-refractivity contribution is 7.14. The second-order valence-electron chi connectivity index (χ2n) is 10.8. The summed E-state index contributed by atoms with van der Waals surface area (Å²) in [5.74, 6) is -0.361. The summed E-state index contributed by atoms with van der Waals surface area (Å²) in [6.45, 7) is 0. The van der Waals surface area contributed by atoms with Crippen LogP contribution in [0.25, 0.3) is 32.8 Å². The Morgan fingerprint density at radius 2 is 1.29 bits per heavy atom. The van der Waals surface area contributed by atoms with Gasteiger partial charge in [-0.05, 0) is 78.2 Å². The Kier molecular flexibility index (Phi) is 9.16. The van der Waals surface area contributed by atoms with Crippen LogP contribution in [0.2, 0.25) is 0 Å². The van der Waals surface area contributed by atoms with Gasteiger partial charge in [-0.15, -0.1) is 11.3 Å². The van der Waals surface area contributed by atoms with Crippen molar-refractivity contribution < 1.29 is 37.4 Å². The van der Waals surface area contributed by atoms with Crippen LogP contribution in [0.3, 0.4) is 0 Å². The standard InChI is InChI=1S/C37H21F3N5O6S/c38-37(39,40)22-10-11-26(31(17-22)51-25-7-4-15-43-20-25)28-21-44-33(36-30(12-16-52-36)50-24-6-3-14-42-19-24)35(46)32(28)27-8-1-9-29(34(27)45(47)48)49-23-5-2-13-41-18-23/h1-21H. The van der Waals surface area contributed by atoms with E-state index in [9.17, 15) is 28.4 Å². The van der Waals surface area contributed by atoms with Crippen LogP contribution in [0.15, 0.2) is 128 Å². The van der Waals surface area contributed by atoms with Gasteiger partial charge in [0.1, 0.15) is 34.4 Å². The highest BCUT2D eigenvalue weighted by atomic mass is 32.1. The molecule has 7 aromatic rings. The number of nitrogens with zero attached hydrogens (tertiary/aromatic N) is 5. The van der Waals surface area contributed by atoms with Gasteiger partial charge < -0.3 is 14.2 Å². The molecule has 0 aliphatic carbocycles. The lowest BCUT2D eigenvalue weighted by Gasteiger charge is -2.18. The third-order valence-electron chi connectivity index (χ3n) is 7.52. The third kappa shape index (κ3) is 6.93. The number of aromatic nitrogens is 4. The Bertz CT molecular complexity index is 2380. The fourth-order valence-electron chi connectivity index (χ4n) is 5.28. The molecule has 0 unspecified atom stereocenters. The molecule has 5 heterocycles. The Morgan fingerprint density at radius 1 is 0.673 bits per heavy atom. The second-order valence-corrected chi connectivity index (χ2v) is 11.7. The van der Waals surface area contributed by atoms with Crippen LogP contribution in [0.1, 0.15) is 5.56 Å². The van der Waals surface area contributed by atoms with Gasteiger partial charge in [-0.1, -0.05) is 6.07 Å². The van der Waals surface area contributed by atoms with Crippen molar-refractivity contribution in [1.29, 1.82) is 0 Å². The number of halogens is 3. The molecule has 5 aromatic heterocycles. The fourth-order valence-corrected chi connectivity index (χ4v) is 6.09. The molecule has 11 nitrogen and oxygen atoms in total. The molecule has 0 fully saturated rings. The number of nitro groups is 1. The van der Waals surface area contributed by atoms with Gasteiger partial charge in [0, 0.05) is 41.5 Å². The van der Waals surface area contributed by atoms with Crippen molar-refractivity contribution in [1.82, 2.24) is 19.9 Å². The molecule has 0 saturated heterocycles. The van der Waals surface area contributed by atoms with E-state index in [4.69, 9.17) is 14.2 Å². The summed E-state index contributed by atoms with van der Waals surface area (Å²) in [6.07, 6.45) is 5.17. The van der Waals surface area contributed by atoms with Gasteiger partial charge in [0.15, 0.2) is 0 Å². The number of rotatable bonds is 10. The number of ether oxygens (including phenoxy) is 3. The van der Waals surface area contributed by atoms with Crippen LogP contribution in [0, 0.1) is 10.1 Å². The predicted molar refractivity (Wildman–Crippen MR) is 183 cm³/mol. The SMILES string of the molecule is [O]c1c(-c2sccc2Oc2cccnc2)ncc(-c2ccc(C(F)(F)F)cc2Oc2cccnc2)c1-c1cccc(Oc2cccnc2)c1[N+](=O)[O-]. The molecule has 52 heavy (non-hydrogen) atoms. The molecule has 0 saturated carbocycles. The lowest BCUT2D eigenvalue weighted by molar-refractivity contribution is -0.384. The molecule has 0 spiro atoms. The quantitative estimate of drug-likeness (QED) is 0.0996. The average Bonchev–Trinajstić information content (AvgIpc) is 3.60. The fraction of sp³-hybridized carbons (Fsp3) is 0.0270. The molecular formula is C37H21F3N5O6S. The molecule has 1 radical (unpaired) electrons. The van der Waals surface area contributed by atoms with Crippen molar-refractivity contribution in [3.63, 3.8) is 0 Å². The number of nitro benzene ring substituents is 1. The number of alkyl halides is 3. The first-order chi connectivity index (χ1) is 25.2. The van der Waals surface area contributed by atoms with E-state index >= 15 is 0 Å². The first-order valence-electron chi connectivity index (χ1n) is 15.2. The monoisotopic (exact) mass is 720 g/mol. The minimum atomic E-state index is -4.75. The number of benzene rings is 2. The summed E-state index contributed by atoms with van der Waals surface area (Å²) < 4.78 is 59.7. The molecule has 15 heteroatoms. The van der Waals surface area contributed by atoms with Gasteiger partial charge in [0.2, 0.25) is 11.5 Å². The summed E-state index contributed by atoms with van der Waals surface area (Å²) >= 11 is 1.14. The Hall–Kier alpha value is -6.87. The largest absolute Gasteiger partial charge is 0.455 e. The van der Waals surface area contributed by atoms with Crippen LogP contribution < -0.4 is 14.2 Å². The molecule has 2 aromatic carbocycles. The minimum absolute atomic E-state index is 0.00565. The number of pyridine rings is 4. The summed E-state index contributed by atoms with van der Waals surface area (Å²) in [7, 11) is 0. The number of para-hydroxylation sites is 1. The lowest BCUT2D eigenvalue weighted by atomic mass is 9.92. The van der Waals surface area contributed by atoms with Crippen LogP contribution in [0.5, 0.6) is 40.2 Å². The zero-order valence-electron chi connectivity index (χ0n) is 26.4. The molecule has 0 bridgehead atoms. The highest BCUT2D eigenvalue weighted by Gasteiger charge is 2.34. The van der Waals surface area contributed by atoms with Crippen molar-refractivity contribution in [3.05, 3.63) is 143 Å². The summed E-state index contributed by atoms with van der Waals surface area (Å²) in [5.41, 5.74) is -2.22. The van der Waals surface area contributed by atoms with E-state index < -0.39 is 28.1 Å². The molecule has 7 rings (SSSR count). The Morgan fingerprint density at radius 3 is 1.87 bits per heavy atom. The average molecular weight is 721 g/mol. The van der Waals surface area contributed by atoms with E-state index in [1.807, 2.05) is 0 Å². The van der Waals surface area contributed by atoms with Crippen molar-refractivity contribution in [3.8, 4) is 73.1 Å². The zero-order chi connectivity index (χ0) is 36.2. The zero-order valence-corrected chi connectivity index (χ0v) is 27.2. The maximum Gasteiger partial charge on any atom is 0.416 e. The third-order valence-corrected chi connectivity index (χ3v) is 8.42. The highest BCUT2D eigenvalue weighted by Crippen LogP contribution is 2.53. The van der Waals surface area contributed by atoms with Gasteiger partial charge in [-0.25, -0.2) is 0 Å². The Labute approximate surface area is 296 Å². The predicted octanol–water partition coefficient (Wildman–Crippen LogP) is 10.8. The first kappa shape index (κ1) is 33.6.